The van der Waals surface area contributed by atoms with Crippen molar-refractivity contribution in [3.63, 3.8) is 0 Å². The van der Waals surface area contributed by atoms with Gasteiger partial charge in [0.25, 0.3) is 5.56 Å². The summed E-state index contributed by atoms with van der Waals surface area (Å²) in [5.74, 6) is 0.586. The highest BCUT2D eigenvalue weighted by Crippen LogP contribution is 2.35. The van der Waals surface area contributed by atoms with E-state index in [0.717, 1.165) is 21.9 Å². The number of fused-ring (bicyclic) bond motifs is 1. The normalized spacial score (nSPS) is 11.7. The van der Waals surface area contributed by atoms with E-state index in [1.807, 2.05) is 48.7 Å². The van der Waals surface area contributed by atoms with Gasteiger partial charge in [-0.15, -0.1) is 23.5 Å². The van der Waals surface area contributed by atoms with Gasteiger partial charge >= 0.3 is 6.18 Å². The van der Waals surface area contributed by atoms with Gasteiger partial charge in [-0.05, 0) is 66.4 Å². The van der Waals surface area contributed by atoms with Gasteiger partial charge in [-0.1, -0.05) is 29.8 Å². The molecule has 13 heteroatoms. The van der Waals surface area contributed by atoms with Crippen molar-refractivity contribution in [1.29, 1.82) is 0 Å². The van der Waals surface area contributed by atoms with Crippen LogP contribution in [-0.2, 0) is 17.5 Å². The molecule has 43 heavy (non-hydrogen) atoms. The van der Waals surface area contributed by atoms with E-state index >= 15 is 0 Å². The topological polar surface area (TPSA) is 81.8 Å². The van der Waals surface area contributed by atoms with Gasteiger partial charge in [0.2, 0.25) is 5.91 Å². The molecule has 222 valence electrons. The smallest absolute Gasteiger partial charge is 0.356 e. The zero-order chi connectivity index (χ0) is 30.7. The third kappa shape index (κ3) is 7.09. The Bertz CT molecular complexity index is 1790. The van der Waals surface area contributed by atoms with Crippen LogP contribution in [0.1, 0.15) is 18.1 Å². The number of hydrogen-bond donors (Lipinski definition) is 1. The minimum atomic E-state index is -4.45. The number of rotatable bonds is 9. The first kappa shape index (κ1) is 30.7. The van der Waals surface area contributed by atoms with Crippen LogP contribution >= 0.6 is 35.1 Å². The molecule has 2 aliphatic heterocycles. The van der Waals surface area contributed by atoms with Crippen LogP contribution in [0.2, 0.25) is 5.02 Å². The van der Waals surface area contributed by atoms with Crippen LogP contribution in [-0.4, -0.2) is 44.0 Å². The second-order valence-electron chi connectivity index (χ2n) is 9.50. The van der Waals surface area contributed by atoms with Gasteiger partial charge in [0, 0.05) is 34.6 Å². The molecule has 0 unspecified atom stereocenters. The van der Waals surface area contributed by atoms with E-state index in [9.17, 15) is 22.8 Å². The van der Waals surface area contributed by atoms with Gasteiger partial charge in [0.1, 0.15) is 5.69 Å². The third-order valence-corrected chi connectivity index (χ3v) is 8.55. The van der Waals surface area contributed by atoms with E-state index < -0.39 is 17.3 Å². The van der Waals surface area contributed by atoms with Crippen LogP contribution in [0.5, 0.6) is 0 Å². The predicted octanol–water partition coefficient (Wildman–Crippen LogP) is 6.87. The van der Waals surface area contributed by atoms with E-state index in [1.165, 1.54) is 23.7 Å². The highest BCUT2D eigenvalue weighted by molar-refractivity contribution is 7.99. The second-order valence-corrected chi connectivity index (χ2v) is 12.0. The first-order valence-electron chi connectivity index (χ1n) is 13.0. The highest BCUT2D eigenvalue weighted by atomic mass is 35.5. The van der Waals surface area contributed by atoms with E-state index in [0.29, 0.717) is 45.5 Å². The lowest BCUT2D eigenvalue weighted by molar-refractivity contribution is -0.137. The Morgan fingerprint density at radius 1 is 0.977 bits per heavy atom. The van der Waals surface area contributed by atoms with Gasteiger partial charge in [-0.25, -0.2) is 9.36 Å². The van der Waals surface area contributed by atoms with Crippen LogP contribution in [0.3, 0.4) is 0 Å². The van der Waals surface area contributed by atoms with Crippen molar-refractivity contribution in [2.24, 2.45) is 0 Å². The Kier molecular flexibility index (Phi) is 9.19. The van der Waals surface area contributed by atoms with Crippen LogP contribution in [0.25, 0.3) is 28.3 Å². The number of nitrogens with one attached hydrogen (secondary N) is 1. The van der Waals surface area contributed by atoms with Crippen molar-refractivity contribution in [1.82, 2.24) is 24.9 Å². The maximum Gasteiger partial charge on any atom is 0.416 e. The molecule has 1 amide bonds. The predicted molar refractivity (Wildman–Crippen MR) is 164 cm³/mol. The van der Waals surface area contributed by atoms with E-state index in [4.69, 9.17) is 11.6 Å². The highest BCUT2D eigenvalue weighted by Gasteiger charge is 2.30. The van der Waals surface area contributed by atoms with Crippen molar-refractivity contribution in [2.75, 3.05) is 18.6 Å². The summed E-state index contributed by atoms with van der Waals surface area (Å²) in [5.41, 5.74) is 1.68. The average molecular weight is 644 g/mol. The van der Waals surface area contributed by atoms with Gasteiger partial charge in [-0.3, -0.25) is 9.59 Å². The molecule has 5 rings (SSSR count). The Labute approximate surface area is 258 Å². The third-order valence-electron chi connectivity index (χ3n) is 6.50. The molecule has 0 radical (unpaired) electrons. The molecule has 2 aliphatic rings. The molecule has 0 bridgehead atoms. The summed E-state index contributed by atoms with van der Waals surface area (Å²) in [6, 6.07) is 19.7. The maximum atomic E-state index is 13.4. The van der Waals surface area contributed by atoms with Gasteiger partial charge in [0.15, 0.2) is 5.69 Å². The summed E-state index contributed by atoms with van der Waals surface area (Å²) >= 11 is 9.93. The molecule has 0 fully saturated rings. The lowest BCUT2D eigenvalue weighted by Crippen LogP contribution is -2.22. The Morgan fingerprint density at radius 3 is 2.30 bits per heavy atom. The zero-order valence-electron chi connectivity index (χ0n) is 23.0. The van der Waals surface area contributed by atoms with E-state index in [1.54, 1.807) is 34.3 Å². The van der Waals surface area contributed by atoms with Crippen LogP contribution in [0.15, 0.2) is 87.4 Å². The summed E-state index contributed by atoms with van der Waals surface area (Å²) in [4.78, 5) is 26.5. The fourth-order valence-electron chi connectivity index (χ4n) is 4.37. The molecular formula is C30H25ClF3N5O2S2. The summed E-state index contributed by atoms with van der Waals surface area (Å²) < 4.78 is 41.8. The molecule has 0 spiro atoms. The van der Waals surface area contributed by atoms with Crippen LogP contribution in [0, 0.1) is 0 Å². The van der Waals surface area contributed by atoms with Crippen molar-refractivity contribution in [3.05, 3.63) is 99.3 Å². The standard InChI is InChI=1S/C30H25ClF3N5O2S2/c1-18(40)35-13-14-43-23-11-12-24(25(31)15-23)27-16-26-28(37-39(27)21-7-9-22(42-2)10-8-21)29(41)38(36-26)17-19-3-5-20(6-4-19)30(32,33)34/h3-12,15-16H,13-14,17H2,1-2H3,(H,35,40). The van der Waals surface area contributed by atoms with Crippen molar-refractivity contribution >= 4 is 41.0 Å². The number of nitrogens with zero attached hydrogens (tertiary/aromatic N) is 4. The van der Waals surface area contributed by atoms with Crippen LogP contribution < -0.4 is 10.9 Å². The number of thioether (sulfide) groups is 2. The summed E-state index contributed by atoms with van der Waals surface area (Å²) in [7, 11) is 0. The number of alkyl halides is 3. The minimum absolute atomic E-state index is 0.0176. The number of carbonyl (C=O) groups excluding carboxylic acids is 1. The molecule has 2 heterocycles. The fourth-order valence-corrected chi connectivity index (χ4v) is 5.93. The average Bonchev–Trinajstić information content (AvgIpc) is 3.28. The summed E-state index contributed by atoms with van der Waals surface area (Å²) in [6.07, 6.45) is -2.47. The number of hydrogen-bond acceptors (Lipinski definition) is 6. The monoisotopic (exact) mass is 643 g/mol. The molecule has 0 saturated heterocycles. The van der Waals surface area contributed by atoms with Crippen molar-refractivity contribution in [2.45, 2.75) is 29.4 Å². The first-order valence-corrected chi connectivity index (χ1v) is 15.6. The summed E-state index contributed by atoms with van der Waals surface area (Å²) in [5, 5.41) is 12.4. The number of carbonyl (C=O) groups is 1. The van der Waals surface area contributed by atoms with Gasteiger partial charge in [0.05, 0.1) is 28.5 Å². The largest absolute Gasteiger partial charge is 0.416 e. The van der Waals surface area contributed by atoms with E-state index in [2.05, 4.69) is 15.5 Å². The Balaban J connectivity index is 1.54. The number of amides is 1. The maximum absolute atomic E-state index is 13.4. The fraction of sp³-hybridized carbons (Fsp3) is 0.200. The van der Waals surface area contributed by atoms with Gasteiger partial charge in [-0.2, -0.15) is 23.4 Å². The molecule has 0 aromatic heterocycles. The van der Waals surface area contributed by atoms with Crippen molar-refractivity contribution in [3.8, 4) is 28.3 Å². The zero-order valence-corrected chi connectivity index (χ0v) is 25.4. The molecular weight excluding hydrogens is 619 g/mol. The quantitative estimate of drug-likeness (QED) is 0.139. The summed E-state index contributed by atoms with van der Waals surface area (Å²) in [6.45, 7) is 1.98. The molecule has 7 nitrogen and oxygen atoms in total. The van der Waals surface area contributed by atoms with Crippen molar-refractivity contribution < 1.29 is 18.0 Å². The number of benzene rings is 3. The van der Waals surface area contributed by atoms with Gasteiger partial charge < -0.3 is 5.32 Å². The first-order chi connectivity index (χ1) is 20.5. The Morgan fingerprint density at radius 2 is 1.67 bits per heavy atom. The number of halogens is 4. The molecule has 0 atom stereocenters. The lowest BCUT2D eigenvalue weighted by Gasteiger charge is -2.16. The molecule has 3 aromatic carbocycles. The molecule has 0 saturated carbocycles. The minimum Gasteiger partial charge on any atom is -0.356 e. The lowest BCUT2D eigenvalue weighted by atomic mass is 10.1. The number of aromatic nitrogens is 4. The molecule has 1 N–H and O–H groups in total. The SMILES string of the molecule is CSc1ccc(-n2nc3c(=O)n(Cc4ccc(C(F)(F)F)cc4)nc-3cc2-c2ccc(SCCNC(C)=O)cc2Cl)cc1. The van der Waals surface area contributed by atoms with Crippen LogP contribution in [0.4, 0.5) is 13.2 Å². The van der Waals surface area contributed by atoms with E-state index in [-0.39, 0.29) is 18.1 Å². The second kappa shape index (κ2) is 12.9. The Hall–Kier alpha value is -3.74. The molecule has 0 aliphatic carbocycles. The molecule has 3 aromatic rings.